The molecule has 0 bridgehead atoms. The van der Waals surface area contributed by atoms with Crippen molar-refractivity contribution in [3.8, 4) is 10.8 Å². The molecule has 0 radical (unpaired) electrons. The van der Waals surface area contributed by atoms with Gasteiger partial charge in [0.2, 0.25) is 0 Å². The summed E-state index contributed by atoms with van der Waals surface area (Å²) >= 11 is 1.58. The number of aliphatic hydroxyl groups excluding tert-OH is 1. The molecule has 5 nitrogen and oxygen atoms in total. The van der Waals surface area contributed by atoms with E-state index in [1.165, 1.54) is 12.8 Å². The van der Waals surface area contributed by atoms with Gasteiger partial charge in [0.1, 0.15) is 0 Å². The monoisotopic (exact) mass is 304 g/mol. The summed E-state index contributed by atoms with van der Waals surface area (Å²) in [6, 6.07) is 2.05. The zero-order valence-corrected chi connectivity index (χ0v) is 13.0. The van der Waals surface area contributed by atoms with Crippen molar-refractivity contribution in [2.45, 2.75) is 44.9 Å². The highest BCUT2D eigenvalue weighted by Crippen LogP contribution is 2.24. The Morgan fingerprint density at radius 3 is 2.95 bits per heavy atom. The molecule has 2 atom stereocenters. The molecular weight excluding hydrogens is 284 g/mol. The lowest BCUT2D eigenvalue weighted by atomic mass is 9.98. The summed E-state index contributed by atoms with van der Waals surface area (Å²) in [6.45, 7) is 3.70. The summed E-state index contributed by atoms with van der Waals surface area (Å²) in [5.74, 6) is 0.680. The second-order valence-electron chi connectivity index (χ2n) is 5.49. The maximum Gasteiger partial charge on any atom is 0.188 e. The molecule has 0 amide bonds. The van der Waals surface area contributed by atoms with E-state index in [0.29, 0.717) is 5.82 Å². The normalized spacial score (nSPS) is 21.3. The molecule has 3 rings (SSSR count). The first-order valence-corrected chi connectivity index (χ1v) is 8.26. The average molecular weight is 304 g/mol. The lowest BCUT2D eigenvalue weighted by molar-refractivity contribution is 0.0311. The Kier molecular flexibility index (Phi) is 4.57. The van der Waals surface area contributed by atoms with Crippen LogP contribution in [0.1, 0.15) is 31.9 Å². The van der Waals surface area contributed by atoms with Gasteiger partial charge >= 0.3 is 0 Å². The fourth-order valence-corrected chi connectivity index (χ4v) is 3.61. The van der Waals surface area contributed by atoms with Gasteiger partial charge in [-0.05, 0) is 32.4 Å². The number of piperidine rings is 1. The van der Waals surface area contributed by atoms with E-state index in [2.05, 4.69) is 25.2 Å². The van der Waals surface area contributed by atoms with Crippen molar-refractivity contribution >= 4 is 11.3 Å². The molecule has 0 unspecified atom stereocenters. The van der Waals surface area contributed by atoms with Gasteiger partial charge in [0.15, 0.2) is 10.8 Å². The van der Waals surface area contributed by atoms with Crippen molar-refractivity contribution in [3.63, 3.8) is 0 Å². The molecule has 1 fully saturated rings. The number of nitrogens with zero attached hydrogens (tertiary/aromatic N) is 4. The summed E-state index contributed by atoms with van der Waals surface area (Å²) in [7, 11) is 0. The Bertz CT molecular complexity index is 572. The van der Waals surface area contributed by atoms with Crippen LogP contribution in [0.25, 0.3) is 10.8 Å². The lowest BCUT2D eigenvalue weighted by Gasteiger charge is -2.36. The third kappa shape index (κ3) is 3.45. The van der Waals surface area contributed by atoms with Crippen LogP contribution in [0.5, 0.6) is 0 Å². The van der Waals surface area contributed by atoms with Crippen LogP contribution < -0.4 is 0 Å². The Balaban J connectivity index is 1.72. The summed E-state index contributed by atoms with van der Waals surface area (Å²) in [5, 5.41) is 12.9. The van der Waals surface area contributed by atoms with E-state index in [9.17, 15) is 5.11 Å². The van der Waals surface area contributed by atoms with Crippen LogP contribution in [0.3, 0.4) is 0 Å². The number of thiazole rings is 1. The van der Waals surface area contributed by atoms with Crippen LogP contribution in [0, 0.1) is 0 Å². The SMILES string of the molecule is C[C@H](O)[C@@H]1CCCCN1Cc1csc(-c2ncccn2)n1. The van der Waals surface area contributed by atoms with E-state index in [-0.39, 0.29) is 12.1 Å². The second-order valence-corrected chi connectivity index (χ2v) is 6.35. The van der Waals surface area contributed by atoms with Crippen molar-refractivity contribution < 1.29 is 5.11 Å². The van der Waals surface area contributed by atoms with Crippen molar-refractivity contribution in [2.75, 3.05) is 6.54 Å². The minimum absolute atomic E-state index is 0.247. The average Bonchev–Trinajstić information content (AvgIpc) is 2.97. The molecule has 0 saturated carbocycles. The molecule has 1 aliphatic rings. The van der Waals surface area contributed by atoms with Gasteiger partial charge in [-0.15, -0.1) is 11.3 Å². The highest BCUT2D eigenvalue weighted by molar-refractivity contribution is 7.13. The molecule has 1 saturated heterocycles. The van der Waals surface area contributed by atoms with Gasteiger partial charge in [-0.25, -0.2) is 15.0 Å². The first kappa shape index (κ1) is 14.6. The Morgan fingerprint density at radius 2 is 2.19 bits per heavy atom. The Labute approximate surface area is 128 Å². The van der Waals surface area contributed by atoms with Gasteiger partial charge < -0.3 is 5.11 Å². The summed E-state index contributed by atoms with van der Waals surface area (Å²) in [6.07, 6.45) is 6.64. The third-order valence-corrected chi connectivity index (χ3v) is 4.78. The molecule has 2 aromatic heterocycles. The first-order valence-electron chi connectivity index (χ1n) is 7.38. The summed E-state index contributed by atoms with van der Waals surface area (Å²) < 4.78 is 0. The van der Waals surface area contributed by atoms with Crippen molar-refractivity contribution in [1.82, 2.24) is 19.9 Å². The molecule has 0 aliphatic carbocycles. The predicted molar refractivity (Wildman–Crippen MR) is 82.9 cm³/mol. The maximum absolute atomic E-state index is 9.93. The topological polar surface area (TPSA) is 62.1 Å². The highest BCUT2D eigenvalue weighted by atomic mass is 32.1. The lowest BCUT2D eigenvalue weighted by Crippen LogP contribution is -2.45. The van der Waals surface area contributed by atoms with Crippen molar-refractivity contribution in [2.24, 2.45) is 0 Å². The van der Waals surface area contributed by atoms with Crippen LogP contribution in [0.15, 0.2) is 23.8 Å². The predicted octanol–water partition coefficient (Wildman–Crippen LogP) is 2.34. The molecule has 2 aromatic rings. The zero-order chi connectivity index (χ0) is 14.7. The minimum atomic E-state index is -0.291. The Morgan fingerprint density at radius 1 is 1.38 bits per heavy atom. The molecule has 1 aliphatic heterocycles. The fourth-order valence-electron chi connectivity index (χ4n) is 2.86. The molecule has 0 aromatic carbocycles. The van der Waals surface area contributed by atoms with Gasteiger partial charge in [0.25, 0.3) is 0 Å². The molecule has 0 spiro atoms. The minimum Gasteiger partial charge on any atom is -0.392 e. The molecule has 1 N–H and O–H groups in total. The van der Waals surface area contributed by atoms with Gasteiger partial charge in [-0.2, -0.15) is 0 Å². The first-order chi connectivity index (χ1) is 10.2. The van der Waals surface area contributed by atoms with E-state index < -0.39 is 0 Å². The van der Waals surface area contributed by atoms with Crippen molar-refractivity contribution in [3.05, 3.63) is 29.5 Å². The fraction of sp³-hybridized carbons (Fsp3) is 0.533. The van der Waals surface area contributed by atoms with Gasteiger partial charge in [0.05, 0.1) is 11.8 Å². The standard InChI is InChI=1S/C15H20N4OS/c1-11(20)13-5-2-3-8-19(13)9-12-10-21-15(18-12)14-16-6-4-7-17-14/h4,6-7,10-11,13,20H,2-3,5,8-9H2,1H3/t11-,13-/m0/s1. The van der Waals surface area contributed by atoms with Crippen LogP contribution in [0.4, 0.5) is 0 Å². The quantitative estimate of drug-likeness (QED) is 0.939. The number of likely N-dealkylation sites (tertiary alicyclic amines) is 1. The second kappa shape index (κ2) is 6.60. The van der Waals surface area contributed by atoms with E-state index in [1.807, 2.05) is 6.92 Å². The van der Waals surface area contributed by atoms with Crippen LogP contribution in [-0.2, 0) is 6.54 Å². The smallest absolute Gasteiger partial charge is 0.188 e. The summed E-state index contributed by atoms with van der Waals surface area (Å²) in [4.78, 5) is 15.5. The van der Waals surface area contributed by atoms with Crippen LogP contribution in [-0.4, -0.2) is 43.6 Å². The van der Waals surface area contributed by atoms with Gasteiger partial charge in [0, 0.05) is 30.4 Å². The van der Waals surface area contributed by atoms with E-state index in [1.54, 1.807) is 29.8 Å². The maximum atomic E-state index is 9.93. The highest BCUT2D eigenvalue weighted by Gasteiger charge is 2.26. The van der Waals surface area contributed by atoms with E-state index >= 15 is 0 Å². The number of aromatic nitrogens is 3. The molecule has 6 heteroatoms. The van der Waals surface area contributed by atoms with Crippen LogP contribution in [0.2, 0.25) is 0 Å². The van der Waals surface area contributed by atoms with Crippen molar-refractivity contribution in [1.29, 1.82) is 0 Å². The van der Waals surface area contributed by atoms with Gasteiger partial charge in [-0.1, -0.05) is 6.42 Å². The molecule has 21 heavy (non-hydrogen) atoms. The van der Waals surface area contributed by atoms with Crippen LogP contribution >= 0.6 is 11.3 Å². The zero-order valence-electron chi connectivity index (χ0n) is 12.1. The van der Waals surface area contributed by atoms with E-state index in [4.69, 9.17) is 0 Å². The summed E-state index contributed by atoms with van der Waals surface area (Å²) in [5.41, 5.74) is 1.04. The van der Waals surface area contributed by atoms with E-state index in [0.717, 1.165) is 30.2 Å². The van der Waals surface area contributed by atoms with Gasteiger partial charge in [-0.3, -0.25) is 4.90 Å². The molecular formula is C15H20N4OS. The number of hydrogen-bond acceptors (Lipinski definition) is 6. The number of hydrogen-bond donors (Lipinski definition) is 1. The number of aliphatic hydroxyl groups is 1. The Hall–Kier alpha value is -1.37. The molecule has 3 heterocycles. The number of rotatable bonds is 4. The largest absolute Gasteiger partial charge is 0.392 e. The molecule has 112 valence electrons. The third-order valence-electron chi connectivity index (χ3n) is 3.89.